The molecule has 0 saturated carbocycles. The van der Waals surface area contributed by atoms with Crippen molar-refractivity contribution in [2.75, 3.05) is 6.61 Å². The predicted molar refractivity (Wildman–Crippen MR) is 65.4 cm³/mol. The second-order valence-corrected chi connectivity index (χ2v) is 3.74. The average Bonchev–Trinajstić information content (AvgIpc) is 2.26. The minimum Gasteiger partial charge on any atom is -0.492 e. The van der Waals surface area contributed by atoms with Crippen LogP contribution in [0.25, 0.3) is 0 Å². The molecule has 0 saturated heterocycles. The fraction of sp³-hybridized carbons (Fsp3) is 0.429. The number of aliphatic hydroxyl groups is 1. The van der Waals surface area contributed by atoms with Crippen molar-refractivity contribution in [2.45, 2.75) is 33.3 Å². The number of aliphatic hydroxyl groups excluding tert-OH is 1. The first-order chi connectivity index (χ1) is 7.65. The fourth-order valence-electron chi connectivity index (χ4n) is 1.46. The molecule has 0 fully saturated rings. The summed E-state index contributed by atoms with van der Waals surface area (Å²) in [4.78, 5) is 0. The van der Waals surface area contributed by atoms with Gasteiger partial charge in [0, 0.05) is 12.0 Å². The lowest BCUT2D eigenvalue weighted by atomic mass is 10.1. The van der Waals surface area contributed by atoms with Gasteiger partial charge >= 0.3 is 0 Å². The smallest absolute Gasteiger partial charge is 0.125 e. The summed E-state index contributed by atoms with van der Waals surface area (Å²) < 4.78 is 5.59. The Morgan fingerprint density at radius 3 is 2.81 bits per heavy atom. The maximum atomic E-state index is 9.62. The van der Waals surface area contributed by atoms with E-state index in [9.17, 15) is 5.11 Å². The summed E-state index contributed by atoms with van der Waals surface area (Å²) in [5.74, 6) is 6.51. The zero-order chi connectivity index (χ0) is 12.0. The van der Waals surface area contributed by atoms with E-state index in [0.717, 1.165) is 16.9 Å². The maximum absolute atomic E-state index is 9.62. The van der Waals surface area contributed by atoms with Crippen molar-refractivity contribution in [1.82, 2.24) is 0 Å². The molecule has 0 bridgehead atoms. The Bertz CT molecular complexity index is 397. The van der Waals surface area contributed by atoms with Gasteiger partial charge in [-0.2, -0.15) is 0 Å². The van der Waals surface area contributed by atoms with Gasteiger partial charge in [0.2, 0.25) is 0 Å². The van der Waals surface area contributed by atoms with Gasteiger partial charge in [0.05, 0.1) is 12.7 Å². The van der Waals surface area contributed by atoms with Crippen LogP contribution in [0.5, 0.6) is 5.75 Å². The van der Waals surface area contributed by atoms with Gasteiger partial charge in [0.1, 0.15) is 5.75 Å². The molecule has 0 spiro atoms. The molecule has 0 aliphatic heterocycles. The Morgan fingerprint density at radius 2 is 2.19 bits per heavy atom. The van der Waals surface area contributed by atoms with Gasteiger partial charge in [-0.15, -0.1) is 11.8 Å². The van der Waals surface area contributed by atoms with E-state index < -0.39 is 6.10 Å². The molecule has 0 radical (unpaired) electrons. The Labute approximate surface area is 97.3 Å². The Kier molecular flexibility index (Phi) is 4.88. The molecular weight excluding hydrogens is 200 g/mol. The average molecular weight is 218 g/mol. The molecule has 2 nitrogen and oxygen atoms in total. The van der Waals surface area contributed by atoms with Crippen molar-refractivity contribution in [2.24, 2.45) is 0 Å². The predicted octanol–water partition coefficient (Wildman–Crippen LogP) is 2.84. The first-order valence-electron chi connectivity index (χ1n) is 5.46. The van der Waals surface area contributed by atoms with Crippen LogP contribution in [0.3, 0.4) is 0 Å². The van der Waals surface area contributed by atoms with E-state index in [1.807, 2.05) is 32.0 Å². The van der Waals surface area contributed by atoms with E-state index >= 15 is 0 Å². The van der Waals surface area contributed by atoms with Gasteiger partial charge < -0.3 is 9.84 Å². The van der Waals surface area contributed by atoms with Gasteiger partial charge in [-0.1, -0.05) is 11.6 Å². The number of ether oxygens (including phenoxy) is 1. The molecule has 1 rings (SSSR count). The number of benzene rings is 1. The molecule has 1 aromatic carbocycles. The van der Waals surface area contributed by atoms with E-state index in [0.29, 0.717) is 13.0 Å². The largest absolute Gasteiger partial charge is 0.492 e. The molecule has 1 N–H and O–H groups in total. The van der Waals surface area contributed by atoms with Crippen LogP contribution in [-0.2, 0) is 0 Å². The third-order valence-electron chi connectivity index (χ3n) is 2.28. The van der Waals surface area contributed by atoms with E-state index in [2.05, 4.69) is 11.8 Å². The molecule has 0 heterocycles. The Balaban J connectivity index is 2.73. The minimum absolute atomic E-state index is 0.507. The van der Waals surface area contributed by atoms with Crippen LogP contribution in [0.1, 0.15) is 37.5 Å². The molecule has 0 aliphatic carbocycles. The van der Waals surface area contributed by atoms with Crippen LogP contribution in [-0.4, -0.2) is 11.7 Å². The topological polar surface area (TPSA) is 29.5 Å². The summed E-state index contributed by atoms with van der Waals surface area (Å²) in [6.45, 7) is 6.11. The number of hydrogen-bond donors (Lipinski definition) is 1. The lowest BCUT2D eigenvalue weighted by Crippen LogP contribution is -2.02. The first-order valence-corrected chi connectivity index (χ1v) is 5.46. The number of rotatable bonds is 4. The number of aryl methyl sites for hydroxylation is 1. The Hall–Kier alpha value is -1.46. The van der Waals surface area contributed by atoms with E-state index in [-0.39, 0.29) is 0 Å². The summed E-state index contributed by atoms with van der Waals surface area (Å²) >= 11 is 0. The molecule has 0 aromatic heterocycles. The van der Waals surface area contributed by atoms with Crippen molar-refractivity contribution >= 4 is 0 Å². The second-order valence-electron chi connectivity index (χ2n) is 3.74. The quantitative estimate of drug-likeness (QED) is 0.622. The SMILES string of the molecule is CC#CCCOc1ccc(C)cc1C(C)O. The molecule has 1 aromatic rings. The van der Waals surface area contributed by atoms with Crippen molar-refractivity contribution in [3.63, 3.8) is 0 Å². The van der Waals surface area contributed by atoms with Gasteiger partial charge in [-0.3, -0.25) is 0 Å². The molecule has 1 atom stereocenters. The van der Waals surface area contributed by atoms with E-state index in [1.54, 1.807) is 6.92 Å². The van der Waals surface area contributed by atoms with Gasteiger partial charge in [0.25, 0.3) is 0 Å². The Morgan fingerprint density at radius 1 is 1.44 bits per heavy atom. The number of hydrogen-bond acceptors (Lipinski definition) is 2. The van der Waals surface area contributed by atoms with E-state index in [4.69, 9.17) is 4.74 Å². The van der Waals surface area contributed by atoms with E-state index in [1.165, 1.54) is 0 Å². The van der Waals surface area contributed by atoms with Crippen molar-refractivity contribution in [1.29, 1.82) is 0 Å². The van der Waals surface area contributed by atoms with Gasteiger partial charge in [-0.25, -0.2) is 0 Å². The normalized spacial score (nSPS) is 11.5. The molecular formula is C14H18O2. The van der Waals surface area contributed by atoms with Crippen molar-refractivity contribution in [3.8, 4) is 17.6 Å². The molecule has 86 valence electrons. The molecule has 0 amide bonds. The van der Waals surface area contributed by atoms with Gasteiger partial charge in [0.15, 0.2) is 0 Å². The highest BCUT2D eigenvalue weighted by Crippen LogP contribution is 2.26. The summed E-state index contributed by atoms with van der Waals surface area (Å²) in [5.41, 5.74) is 1.96. The molecule has 1 unspecified atom stereocenters. The third kappa shape index (κ3) is 3.60. The highest BCUT2D eigenvalue weighted by Gasteiger charge is 2.08. The first kappa shape index (κ1) is 12.6. The third-order valence-corrected chi connectivity index (χ3v) is 2.28. The summed E-state index contributed by atoms with van der Waals surface area (Å²) in [6, 6.07) is 5.83. The van der Waals surface area contributed by atoms with Crippen LogP contribution in [0.2, 0.25) is 0 Å². The zero-order valence-corrected chi connectivity index (χ0v) is 10.1. The monoisotopic (exact) mass is 218 g/mol. The summed E-state index contributed by atoms with van der Waals surface area (Å²) in [7, 11) is 0. The van der Waals surface area contributed by atoms with Crippen LogP contribution >= 0.6 is 0 Å². The van der Waals surface area contributed by atoms with Crippen LogP contribution in [0, 0.1) is 18.8 Å². The fourth-order valence-corrected chi connectivity index (χ4v) is 1.46. The summed E-state index contributed by atoms with van der Waals surface area (Å²) in [6.07, 6.45) is 0.205. The van der Waals surface area contributed by atoms with Crippen molar-refractivity contribution in [3.05, 3.63) is 29.3 Å². The summed E-state index contributed by atoms with van der Waals surface area (Å²) in [5, 5.41) is 9.62. The van der Waals surface area contributed by atoms with Crippen LogP contribution in [0.4, 0.5) is 0 Å². The molecule has 2 heteroatoms. The lowest BCUT2D eigenvalue weighted by molar-refractivity contribution is 0.191. The zero-order valence-electron chi connectivity index (χ0n) is 10.1. The highest BCUT2D eigenvalue weighted by molar-refractivity contribution is 5.38. The van der Waals surface area contributed by atoms with Crippen LogP contribution in [0.15, 0.2) is 18.2 Å². The standard InChI is InChI=1S/C14H18O2/c1-4-5-6-9-16-14-8-7-11(2)10-13(14)12(3)15/h7-8,10,12,15H,6,9H2,1-3H3. The lowest BCUT2D eigenvalue weighted by Gasteiger charge is -2.13. The van der Waals surface area contributed by atoms with Gasteiger partial charge in [-0.05, 0) is 32.9 Å². The van der Waals surface area contributed by atoms with Crippen LogP contribution < -0.4 is 4.74 Å². The van der Waals surface area contributed by atoms with Crippen molar-refractivity contribution < 1.29 is 9.84 Å². The highest BCUT2D eigenvalue weighted by atomic mass is 16.5. The maximum Gasteiger partial charge on any atom is 0.125 e. The minimum atomic E-state index is -0.507. The molecule has 0 aliphatic rings. The molecule has 16 heavy (non-hydrogen) atoms. The second kappa shape index (κ2) is 6.19.